The van der Waals surface area contributed by atoms with Gasteiger partial charge in [0.2, 0.25) is 5.88 Å². The molecule has 0 spiro atoms. The van der Waals surface area contributed by atoms with Crippen LogP contribution in [0, 0.1) is 0 Å². The third kappa shape index (κ3) is 5.34. The molecule has 0 aliphatic rings. The number of rotatable bonds is 9. The number of ether oxygens (including phenoxy) is 2. The van der Waals surface area contributed by atoms with E-state index >= 15 is 0 Å². The number of benzene rings is 1. The first-order valence-corrected chi connectivity index (χ1v) is 10.1. The monoisotopic (exact) mass is 438 g/mol. The van der Waals surface area contributed by atoms with Gasteiger partial charge >= 0.3 is 6.03 Å². The lowest BCUT2D eigenvalue weighted by atomic mass is 10.1. The molecule has 0 unspecified atom stereocenters. The second-order valence-corrected chi connectivity index (χ2v) is 6.87. The lowest BCUT2D eigenvalue weighted by molar-refractivity contribution is 0.0796. The van der Waals surface area contributed by atoms with Crippen LogP contribution in [0.15, 0.2) is 48.7 Å². The number of hydrogen-bond acceptors (Lipinski definition) is 6. The fourth-order valence-electron chi connectivity index (χ4n) is 2.91. The number of carbonyl (C=O) groups is 2. The molecule has 2 aromatic heterocycles. The van der Waals surface area contributed by atoms with E-state index in [4.69, 9.17) is 15.2 Å². The minimum atomic E-state index is -0.593. The number of aromatic nitrogens is 3. The summed E-state index contributed by atoms with van der Waals surface area (Å²) in [7, 11) is 3.28. The summed E-state index contributed by atoms with van der Waals surface area (Å²) in [6.07, 6.45) is 1.64. The van der Waals surface area contributed by atoms with Crippen molar-refractivity contribution in [3.05, 3.63) is 54.4 Å². The molecule has 3 rings (SSSR count). The standard InChI is InChI=1S/C22H26N6O4/c1-4-27(2)21(29)18-13-19(28(26-18)16-7-10-20(31-3)25-14-16)15-5-8-17(9-6-15)32-12-11-24-22(23)30/h5-10,13-14H,4,11-12H2,1-3H3,(H3,23,24,30). The van der Waals surface area contributed by atoms with Gasteiger partial charge in [-0.05, 0) is 43.3 Å². The zero-order chi connectivity index (χ0) is 23.1. The van der Waals surface area contributed by atoms with Gasteiger partial charge in [0.25, 0.3) is 5.91 Å². The van der Waals surface area contributed by atoms with Crippen LogP contribution >= 0.6 is 0 Å². The smallest absolute Gasteiger partial charge is 0.312 e. The van der Waals surface area contributed by atoms with E-state index in [1.807, 2.05) is 37.3 Å². The van der Waals surface area contributed by atoms with E-state index in [0.717, 1.165) is 11.3 Å². The molecular weight excluding hydrogens is 412 g/mol. The molecule has 0 aliphatic heterocycles. The number of urea groups is 1. The topological polar surface area (TPSA) is 125 Å². The molecular formula is C22H26N6O4. The summed E-state index contributed by atoms with van der Waals surface area (Å²) in [5, 5.41) is 7.01. The summed E-state index contributed by atoms with van der Waals surface area (Å²) in [6.45, 7) is 3.08. The van der Waals surface area contributed by atoms with E-state index in [2.05, 4.69) is 15.4 Å². The normalized spacial score (nSPS) is 10.5. The Bertz CT molecular complexity index is 1060. The van der Waals surface area contributed by atoms with Gasteiger partial charge in [0.15, 0.2) is 5.69 Å². The minimum absolute atomic E-state index is 0.170. The number of carbonyl (C=O) groups excluding carboxylic acids is 2. The zero-order valence-corrected chi connectivity index (χ0v) is 18.2. The van der Waals surface area contributed by atoms with E-state index < -0.39 is 6.03 Å². The van der Waals surface area contributed by atoms with E-state index in [1.54, 1.807) is 42.1 Å². The van der Waals surface area contributed by atoms with Gasteiger partial charge in [-0.1, -0.05) is 0 Å². The third-order valence-electron chi connectivity index (χ3n) is 4.74. The maximum atomic E-state index is 12.7. The second kappa shape index (κ2) is 10.3. The van der Waals surface area contributed by atoms with Crippen molar-refractivity contribution in [3.8, 4) is 28.6 Å². The summed E-state index contributed by atoms with van der Waals surface area (Å²) in [4.78, 5) is 29.3. The van der Waals surface area contributed by atoms with Gasteiger partial charge in [0.1, 0.15) is 12.4 Å². The molecule has 0 saturated carbocycles. The van der Waals surface area contributed by atoms with Crippen molar-refractivity contribution in [1.29, 1.82) is 0 Å². The van der Waals surface area contributed by atoms with Crippen molar-refractivity contribution in [2.75, 3.05) is 33.9 Å². The SMILES string of the molecule is CCN(C)C(=O)c1cc(-c2ccc(OCCNC(N)=O)cc2)n(-c2ccc(OC)nc2)n1. The molecule has 2 heterocycles. The van der Waals surface area contributed by atoms with Crippen molar-refractivity contribution in [3.63, 3.8) is 0 Å². The molecule has 0 bridgehead atoms. The first-order valence-electron chi connectivity index (χ1n) is 10.1. The number of nitrogens with two attached hydrogens (primary N) is 1. The van der Waals surface area contributed by atoms with Crippen molar-refractivity contribution < 1.29 is 19.1 Å². The largest absolute Gasteiger partial charge is 0.492 e. The molecule has 0 fully saturated rings. The lowest BCUT2D eigenvalue weighted by Gasteiger charge is -2.11. The van der Waals surface area contributed by atoms with Crippen LogP contribution in [0.25, 0.3) is 16.9 Å². The summed E-state index contributed by atoms with van der Waals surface area (Å²) in [6, 6.07) is 12.1. The van der Waals surface area contributed by atoms with Crippen LogP contribution in [0.4, 0.5) is 4.79 Å². The van der Waals surface area contributed by atoms with Crippen LogP contribution in [0.1, 0.15) is 17.4 Å². The Morgan fingerprint density at radius 3 is 2.53 bits per heavy atom. The second-order valence-electron chi connectivity index (χ2n) is 6.87. The Kier molecular flexibility index (Phi) is 7.27. The van der Waals surface area contributed by atoms with E-state index in [0.29, 0.717) is 42.7 Å². The summed E-state index contributed by atoms with van der Waals surface area (Å²) in [5.74, 6) is 0.951. The van der Waals surface area contributed by atoms with Gasteiger partial charge in [-0.15, -0.1) is 0 Å². The van der Waals surface area contributed by atoms with E-state index in [9.17, 15) is 9.59 Å². The Balaban J connectivity index is 1.90. The Hall–Kier alpha value is -4.08. The molecule has 3 N–H and O–H groups in total. The highest BCUT2D eigenvalue weighted by atomic mass is 16.5. The average molecular weight is 438 g/mol. The first kappa shape index (κ1) is 22.6. The van der Waals surface area contributed by atoms with Gasteiger partial charge in [0.05, 0.1) is 31.2 Å². The molecule has 168 valence electrons. The Labute approximate surface area is 185 Å². The molecule has 0 radical (unpaired) electrons. The molecule has 10 heteroatoms. The van der Waals surface area contributed by atoms with Gasteiger partial charge in [-0.2, -0.15) is 5.10 Å². The summed E-state index contributed by atoms with van der Waals surface area (Å²) < 4.78 is 12.4. The van der Waals surface area contributed by atoms with Crippen molar-refractivity contribution in [2.45, 2.75) is 6.92 Å². The summed E-state index contributed by atoms with van der Waals surface area (Å²) >= 11 is 0. The molecule has 32 heavy (non-hydrogen) atoms. The number of amides is 3. The molecule has 0 saturated heterocycles. The number of primary amides is 1. The van der Waals surface area contributed by atoms with E-state index in [-0.39, 0.29) is 5.91 Å². The predicted octanol–water partition coefficient (Wildman–Crippen LogP) is 2.08. The molecule has 3 aromatic rings. The number of nitrogens with one attached hydrogen (secondary N) is 1. The number of pyridine rings is 1. The maximum absolute atomic E-state index is 12.7. The number of methoxy groups -OCH3 is 1. The van der Waals surface area contributed by atoms with Crippen LogP contribution in [-0.2, 0) is 0 Å². The Morgan fingerprint density at radius 2 is 1.94 bits per heavy atom. The quantitative estimate of drug-likeness (QED) is 0.493. The molecule has 10 nitrogen and oxygen atoms in total. The van der Waals surface area contributed by atoms with Crippen molar-refractivity contribution in [2.24, 2.45) is 5.73 Å². The van der Waals surface area contributed by atoms with Crippen molar-refractivity contribution in [1.82, 2.24) is 25.0 Å². The van der Waals surface area contributed by atoms with Gasteiger partial charge in [-0.3, -0.25) is 4.79 Å². The summed E-state index contributed by atoms with van der Waals surface area (Å²) in [5.41, 5.74) is 7.63. The van der Waals surface area contributed by atoms with Crippen LogP contribution in [0.5, 0.6) is 11.6 Å². The Morgan fingerprint density at radius 1 is 1.19 bits per heavy atom. The number of hydrogen-bond donors (Lipinski definition) is 2. The molecule has 0 atom stereocenters. The van der Waals surface area contributed by atoms with Crippen LogP contribution < -0.4 is 20.5 Å². The highest BCUT2D eigenvalue weighted by Gasteiger charge is 2.19. The van der Waals surface area contributed by atoms with Crippen molar-refractivity contribution >= 4 is 11.9 Å². The first-order chi connectivity index (χ1) is 15.4. The number of nitrogens with zero attached hydrogens (tertiary/aromatic N) is 4. The minimum Gasteiger partial charge on any atom is -0.492 e. The maximum Gasteiger partial charge on any atom is 0.312 e. The zero-order valence-electron chi connectivity index (χ0n) is 18.2. The van der Waals surface area contributed by atoms with Gasteiger partial charge in [0, 0.05) is 25.2 Å². The van der Waals surface area contributed by atoms with Crippen LogP contribution in [0.2, 0.25) is 0 Å². The van der Waals surface area contributed by atoms with Crippen LogP contribution in [-0.4, -0.2) is 65.5 Å². The fourth-order valence-corrected chi connectivity index (χ4v) is 2.91. The third-order valence-corrected chi connectivity index (χ3v) is 4.74. The fraction of sp³-hybridized carbons (Fsp3) is 0.273. The highest BCUT2D eigenvalue weighted by Crippen LogP contribution is 2.27. The highest BCUT2D eigenvalue weighted by molar-refractivity contribution is 5.93. The predicted molar refractivity (Wildman–Crippen MR) is 119 cm³/mol. The van der Waals surface area contributed by atoms with Crippen LogP contribution in [0.3, 0.4) is 0 Å². The average Bonchev–Trinajstić information content (AvgIpc) is 3.26. The van der Waals surface area contributed by atoms with Gasteiger partial charge < -0.3 is 25.4 Å². The molecule has 0 aliphatic carbocycles. The van der Waals surface area contributed by atoms with E-state index in [1.165, 1.54) is 0 Å². The molecule has 3 amide bonds. The lowest BCUT2D eigenvalue weighted by Crippen LogP contribution is -2.32. The van der Waals surface area contributed by atoms with Gasteiger partial charge in [-0.25, -0.2) is 14.5 Å². The molecule has 1 aromatic carbocycles.